The van der Waals surface area contributed by atoms with Crippen molar-refractivity contribution in [3.05, 3.63) is 52.0 Å². The molecule has 3 rings (SSSR count). The van der Waals surface area contributed by atoms with Crippen molar-refractivity contribution in [3.63, 3.8) is 0 Å². The molecule has 0 radical (unpaired) electrons. The molecule has 2 unspecified atom stereocenters. The maximum absolute atomic E-state index is 13.7. The lowest BCUT2D eigenvalue weighted by atomic mass is 9.93. The molecule has 124 valence electrons. The number of halogens is 1. The highest BCUT2D eigenvalue weighted by molar-refractivity contribution is 5.17. The number of nitrogens with zero attached hydrogens (tertiary/aromatic N) is 2. The summed E-state index contributed by atoms with van der Waals surface area (Å²) in [5.74, 6) is 0.829. The molecule has 0 spiro atoms. The zero-order chi connectivity index (χ0) is 16.4. The van der Waals surface area contributed by atoms with Gasteiger partial charge in [0.2, 0.25) is 0 Å². The van der Waals surface area contributed by atoms with E-state index in [0.29, 0.717) is 43.0 Å². The first-order valence-corrected chi connectivity index (χ1v) is 7.95. The number of aromatic nitrogens is 3. The van der Waals surface area contributed by atoms with Crippen LogP contribution in [0.4, 0.5) is 4.39 Å². The van der Waals surface area contributed by atoms with Crippen molar-refractivity contribution < 1.29 is 4.39 Å². The van der Waals surface area contributed by atoms with Crippen molar-refractivity contribution in [3.8, 4) is 0 Å². The van der Waals surface area contributed by atoms with Gasteiger partial charge in [-0.2, -0.15) is 5.10 Å². The van der Waals surface area contributed by atoms with Gasteiger partial charge in [-0.15, -0.1) is 0 Å². The predicted octanol–water partition coefficient (Wildman–Crippen LogP) is 0.997. The van der Waals surface area contributed by atoms with Gasteiger partial charge in [0.05, 0.1) is 0 Å². The van der Waals surface area contributed by atoms with Crippen molar-refractivity contribution >= 4 is 0 Å². The maximum Gasteiger partial charge on any atom is 0.343 e. The Balaban J connectivity index is 1.74. The molecular formula is C16H22FN5O. The van der Waals surface area contributed by atoms with E-state index in [1.54, 1.807) is 22.8 Å². The van der Waals surface area contributed by atoms with E-state index in [0.717, 1.165) is 5.82 Å². The van der Waals surface area contributed by atoms with Gasteiger partial charge in [-0.25, -0.2) is 14.3 Å². The molecule has 1 aliphatic heterocycles. The van der Waals surface area contributed by atoms with Crippen LogP contribution in [0, 0.1) is 11.7 Å². The number of aromatic amines is 1. The van der Waals surface area contributed by atoms with Gasteiger partial charge >= 0.3 is 5.69 Å². The lowest BCUT2D eigenvalue weighted by Crippen LogP contribution is -2.30. The predicted molar refractivity (Wildman–Crippen MR) is 85.3 cm³/mol. The minimum atomic E-state index is -0.240. The summed E-state index contributed by atoms with van der Waals surface area (Å²) in [6, 6.07) is 7.25. The van der Waals surface area contributed by atoms with Gasteiger partial charge in [0.15, 0.2) is 0 Å². The number of nitrogens with one attached hydrogen (secondary N) is 3. The Bertz CT molecular complexity index is 715. The van der Waals surface area contributed by atoms with E-state index < -0.39 is 0 Å². The highest BCUT2D eigenvalue weighted by atomic mass is 19.1. The van der Waals surface area contributed by atoms with Crippen LogP contribution in [0.1, 0.15) is 25.2 Å². The lowest BCUT2D eigenvalue weighted by Gasteiger charge is -2.17. The van der Waals surface area contributed by atoms with Crippen LogP contribution in [0.25, 0.3) is 0 Å². The fourth-order valence-electron chi connectivity index (χ4n) is 3.14. The fourth-order valence-corrected chi connectivity index (χ4v) is 3.14. The van der Waals surface area contributed by atoms with Crippen LogP contribution in [0.3, 0.4) is 0 Å². The highest BCUT2D eigenvalue weighted by Crippen LogP contribution is 2.18. The van der Waals surface area contributed by atoms with E-state index in [2.05, 4.69) is 34.9 Å². The Labute approximate surface area is 134 Å². The molecule has 2 atom stereocenters. The lowest BCUT2D eigenvalue weighted by molar-refractivity contribution is 0.422. The minimum Gasteiger partial charge on any atom is -0.279 e. The molecule has 0 bridgehead atoms. The van der Waals surface area contributed by atoms with E-state index in [-0.39, 0.29) is 11.5 Å². The molecule has 1 saturated heterocycles. The Hall–Kier alpha value is -1.99. The second-order valence-electron chi connectivity index (χ2n) is 6.17. The summed E-state index contributed by atoms with van der Waals surface area (Å²) in [4.78, 5) is 12.0. The van der Waals surface area contributed by atoms with Crippen LogP contribution in [-0.4, -0.2) is 26.8 Å². The molecule has 0 aliphatic carbocycles. The third kappa shape index (κ3) is 3.35. The monoisotopic (exact) mass is 319 g/mol. The van der Waals surface area contributed by atoms with E-state index in [1.807, 2.05) is 0 Å². The third-order valence-electron chi connectivity index (χ3n) is 4.64. The first kappa shape index (κ1) is 15.9. The van der Waals surface area contributed by atoms with Crippen LogP contribution < -0.4 is 16.5 Å². The standard InChI is InChI=1S/C16H22FN5O/c1-10-13(11(2)19-18-10)9-15-20-21-16(23)22(15)8-7-12-5-3-4-6-14(12)17/h3-6,10-11,13,18-19H,7-9H2,1-2H3,(H,21,23). The fraction of sp³-hybridized carbons (Fsp3) is 0.500. The molecule has 1 aromatic carbocycles. The second kappa shape index (κ2) is 6.64. The summed E-state index contributed by atoms with van der Waals surface area (Å²) < 4.78 is 15.3. The van der Waals surface area contributed by atoms with Crippen LogP contribution >= 0.6 is 0 Å². The number of hydrazine groups is 1. The molecule has 2 aromatic rings. The molecule has 0 amide bonds. The molecule has 7 heteroatoms. The normalized spacial score (nSPS) is 24.2. The first-order chi connectivity index (χ1) is 11.1. The van der Waals surface area contributed by atoms with Crippen LogP contribution in [0.15, 0.2) is 29.1 Å². The van der Waals surface area contributed by atoms with Crippen LogP contribution in [0.2, 0.25) is 0 Å². The van der Waals surface area contributed by atoms with Crippen molar-refractivity contribution in [2.45, 2.75) is 45.3 Å². The summed E-state index contributed by atoms with van der Waals surface area (Å²) in [6.45, 7) is 4.63. The van der Waals surface area contributed by atoms with Crippen molar-refractivity contribution in [1.29, 1.82) is 0 Å². The van der Waals surface area contributed by atoms with E-state index in [1.165, 1.54) is 6.07 Å². The van der Waals surface area contributed by atoms with Gasteiger partial charge in [0, 0.05) is 25.0 Å². The molecule has 1 aromatic heterocycles. The Kier molecular flexibility index (Phi) is 4.58. The van der Waals surface area contributed by atoms with Crippen LogP contribution in [-0.2, 0) is 19.4 Å². The quantitative estimate of drug-likeness (QED) is 0.768. The zero-order valence-corrected chi connectivity index (χ0v) is 13.3. The van der Waals surface area contributed by atoms with Crippen molar-refractivity contribution in [2.75, 3.05) is 0 Å². The van der Waals surface area contributed by atoms with Crippen molar-refractivity contribution in [2.24, 2.45) is 5.92 Å². The Morgan fingerprint density at radius 1 is 1.22 bits per heavy atom. The molecule has 6 nitrogen and oxygen atoms in total. The van der Waals surface area contributed by atoms with Gasteiger partial charge in [-0.3, -0.25) is 15.4 Å². The summed E-state index contributed by atoms with van der Waals surface area (Å²) in [6.07, 6.45) is 1.16. The molecule has 2 heterocycles. The van der Waals surface area contributed by atoms with Crippen LogP contribution in [0.5, 0.6) is 0 Å². The zero-order valence-electron chi connectivity index (χ0n) is 13.3. The number of hydrogen-bond donors (Lipinski definition) is 3. The smallest absolute Gasteiger partial charge is 0.279 e. The average molecular weight is 319 g/mol. The summed E-state index contributed by atoms with van der Waals surface area (Å²) in [5.41, 5.74) is 6.78. The number of hydrogen-bond acceptors (Lipinski definition) is 4. The largest absolute Gasteiger partial charge is 0.343 e. The van der Waals surface area contributed by atoms with Gasteiger partial charge in [0.1, 0.15) is 11.6 Å². The third-order valence-corrected chi connectivity index (χ3v) is 4.64. The average Bonchev–Trinajstić information content (AvgIpc) is 3.04. The minimum absolute atomic E-state index is 0.239. The maximum atomic E-state index is 13.7. The summed E-state index contributed by atoms with van der Waals surface area (Å²) in [5, 5.41) is 6.67. The van der Waals surface area contributed by atoms with E-state index in [4.69, 9.17) is 0 Å². The number of aryl methyl sites for hydroxylation is 1. The molecule has 23 heavy (non-hydrogen) atoms. The number of benzene rings is 1. The Morgan fingerprint density at radius 3 is 2.61 bits per heavy atom. The molecule has 1 aliphatic rings. The molecule has 0 saturated carbocycles. The molecular weight excluding hydrogens is 297 g/mol. The van der Waals surface area contributed by atoms with Gasteiger partial charge in [0.25, 0.3) is 0 Å². The molecule has 1 fully saturated rings. The van der Waals surface area contributed by atoms with Crippen molar-refractivity contribution in [1.82, 2.24) is 25.6 Å². The topological polar surface area (TPSA) is 74.7 Å². The summed E-state index contributed by atoms with van der Waals surface area (Å²) >= 11 is 0. The summed E-state index contributed by atoms with van der Waals surface area (Å²) in [7, 11) is 0. The SMILES string of the molecule is CC1NNC(C)C1Cc1n[nH]c(=O)n1CCc1ccccc1F. The van der Waals surface area contributed by atoms with E-state index in [9.17, 15) is 9.18 Å². The second-order valence-corrected chi connectivity index (χ2v) is 6.17. The van der Waals surface area contributed by atoms with E-state index >= 15 is 0 Å². The molecule has 3 N–H and O–H groups in total. The number of rotatable bonds is 5. The highest BCUT2D eigenvalue weighted by Gasteiger charge is 2.31. The van der Waals surface area contributed by atoms with Gasteiger partial charge in [-0.1, -0.05) is 18.2 Å². The first-order valence-electron chi connectivity index (χ1n) is 7.95. The Morgan fingerprint density at radius 2 is 1.91 bits per heavy atom. The number of H-pyrrole nitrogens is 1. The van der Waals surface area contributed by atoms with Gasteiger partial charge in [-0.05, 0) is 37.8 Å². The van der Waals surface area contributed by atoms with Gasteiger partial charge < -0.3 is 0 Å².